The van der Waals surface area contributed by atoms with Crippen molar-refractivity contribution in [3.05, 3.63) is 35.4 Å². The molecule has 0 radical (unpaired) electrons. The summed E-state index contributed by atoms with van der Waals surface area (Å²) in [6, 6.07) is 0. The fourth-order valence-corrected chi connectivity index (χ4v) is 1.43. The predicted octanol–water partition coefficient (Wildman–Crippen LogP) is 1.25. The van der Waals surface area contributed by atoms with Crippen molar-refractivity contribution in [3.8, 4) is 0 Å². The smallest absolute Gasteiger partial charge is 0.120 e. The largest absolute Gasteiger partial charge is 0.344 e. The van der Waals surface area contributed by atoms with E-state index in [1.54, 1.807) is 0 Å². The molecule has 1 aliphatic rings. The Morgan fingerprint density at radius 2 is 2.46 bits per heavy atom. The normalized spacial score (nSPS) is 14.2. The lowest BCUT2D eigenvalue weighted by Crippen LogP contribution is -2.06. The topological polar surface area (TPSA) is 40.7 Å². The highest BCUT2D eigenvalue weighted by atomic mass is 15.0. The quantitative estimate of drug-likeness (QED) is 0.710. The molecule has 2 rings (SSSR count). The molecular weight excluding hydrogens is 162 g/mol. The molecule has 0 amide bonds. The van der Waals surface area contributed by atoms with Crippen LogP contribution in [0.25, 0.3) is 6.08 Å². The number of imidazole rings is 1. The van der Waals surface area contributed by atoms with Crippen molar-refractivity contribution in [2.24, 2.45) is 0 Å². The second-order valence-corrected chi connectivity index (χ2v) is 3.07. The van der Waals surface area contributed by atoms with Gasteiger partial charge in [0.15, 0.2) is 0 Å². The van der Waals surface area contributed by atoms with Crippen molar-refractivity contribution < 1.29 is 0 Å². The summed E-state index contributed by atoms with van der Waals surface area (Å²) in [6.45, 7) is 0.796. The van der Waals surface area contributed by atoms with Gasteiger partial charge in [0.1, 0.15) is 5.82 Å². The van der Waals surface area contributed by atoms with Crippen LogP contribution in [0, 0.1) is 0 Å². The molecule has 0 unspecified atom stereocenters. The third kappa shape index (κ3) is 1.70. The standard InChI is InChI=1S/C10H13N3/c1-11-7-10-12-8-5-3-2-4-6-9(8)13-10/h2-5,11H,6-7H2,1H3,(H,12,13). The number of rotatable bonds is 2. The monoisotopic (exact) mass is 175 g/mol. The van der Waals surface area contributed by atoms with Crippen LogP contribution in [-0.2, 0) is 13.0 Å². The van der Waals surface area contributed by atoms with Gasteiger partial charge in [-0.2, -0.15) is 0 Å². The van der Waals surface area contributed by atoms with E-state index in [4.69, 9.17) is 0 Å². The molecule has 0 fully saturated rings. The number of nitrogens with zero attached hydrogens (tertiary/aromatic N) is 1. The molecule has 0 aliphatic heterocycles. The van der Waals surface area contributed by atoms with E-state index in [1.807, 2.05) is 25.3 Å². The van der Waals surface area contributed by atoms with Gasteiger partial charge >= 0.3 is 0 Å². The third-order valence-electron chi connectivity index (χ3n) is 2.03. The van der Waals surface area contributed by atoms with Gasteiger partial charge in [-0.05, 0) is 13.1 Å². The van der Waals surface area contributed by atoms with E-state index in [2.05, 4.69) is 21.4 Å². The molecule has 3 heteroatoms. The molecule has 2 N–H and O–H groups in total. The minimum Gasteiger partial charge on any atom is -0.344 e. The zero-order valence-electron chi connectivity index (χ0n) is 7.67. The first-order chi connectivity index (χ1) is 6.40. The third-order valence-corrected chi connectivity index (χ3v) is 2.03. The summed E-state index contributed by atoms with van der Waals surface area (Å²) in [5, 5.41) is 3.07. The number of nitrogens with one attached hydrogen (secondary N) is 2. The minimum atomic E-state index is 0.796. The Labute approximate surface area is 77.6 Å². The van der Waals surface area contributed by atoms with Crippen LogP contribution < -0.4 is 5.32 Å². The van der Waals surface area contributed by atoms with Crippen LogP contribution >= 0.6 is 0 Å². The Balaban J connectivity index is 2.29. The van der Waals surface area contributed by atoms with Crippen LogP contribution in [0.3, 0.4) is 0 Å². The van der Waals surface area contributed by atoms with Crippen LogP contribution in [0.5, 0.6) is 0 Å². The number of hydrogen-bond acceptors (Lipinski definition) is 2. The zero-order chi connectivity index (χ0) is 9.10. The molecule has 13 heavy (non-hydrogen) atoms. The lowest BCUT2D eigenvalue weighted by atomic mass is 10.2. The second-order valence-electron chi connectivity index (χ2n) is 3.07. The van der Waals surface area contributed by atoms with Crippen molar-refractivity contribution in [1.82, 2.24) is 15.3 Å². The van der Waals surface area contributed by atoms with Gasteiger partial charge in [-0.25, -0.2) is 4.98 Å². The molecule has 0 aromatic carbocycles. The van der Waals surface area contributed by atoms with Crippen LogP contribution in [0.4, 0.5) is 0 Å². The van der Waals surface area contributed by atoms with Crippen molar-refractivity contribution >= 4 is 6.08 Å². The first kappa shape index (κ1) is 8.26. The molecule has 0 saturated carbocycles. The van der Waals surface area contributed by atoms with E-state index >= 15 is 0 Å². The number of fused-ring (bicyclic) bond motifs is 1. The van der Waals surface area contributed by atoms with Crippen LogP contribution in [-0.4, -0.2) is 17.0 Å². The fourth-order valence-electron chi connectivity index (χ4n) is 1.43. The maximum atomic E-state index is 4.46. The number of aromatic nitrogens is 2. The molecule has 0 saturated heterocycles. The van der Waals surface area contributed by atoms with Crippen molar-refractivity contribution in [2.45, 2.75) is 13.0 Å². The molecule has 1 heterocycles. The molecule has 1 aliphatic carbocycles. The van der Waals surface area contributed by atoms with E-state index in [1.165, 1.54) is 5.69 Å². The summed E-state index contributed by atoms with van der Waals surface area (Å²) in [4.78, 5) is 7.75. The average Bonchev–Trinajstić information content (AvgIpc) is 2.37. The van der Waals surface area contributed by atoms with Gasteiger partial charge in [0.05, 0.1) is 12.2 Å². The Bertz CT molecular complexity index is 347. The maximum Gasteiger partial charge on any atom is 0.120 e. The summed E-state index contributed by atoms with van der Waals surface area (Å²) in [6.07, 6.45) is 9.18. The molecule has 1 aromatic heterocycles. The summed E-state index contributed by atoms with van der Waals surface area (Å²) in [5.74, 6) is 1.01. The Hall–Kier alpha value is -1.35. The lowest BCUT2D eigenvalue weighted by molar-refractivity contribution is 0.769. The minimum absolute atomic E-state index is 0.796. The van der Waals surface area contributed by atoms with E-state index < -0.39 is 0 Å². The van der Waals surface area contributed by atoms with Gasteiger partial charge in [-0.3, -0.25) is 0 Å². The first-order valence-electron chi connectivity index (χ1n) is 4.45. The lowest BCUT2D eigenvalue weighted by Gasteiger charge is -1.92. The highest BCUT2D eigenvalue weighted by Crippen LogP contribution is 2.12. The van der Waals surface area contributed by atoms with Crippen LogP contribution in [0.1, 0.15) is 17.2 Å². The van der Waals surface area contributed by atoms with Gasteiger partial charge in [0.2, 0.25) is 0 Å². The van der Waals surface area contributed by atoms with Gasteiger partial charge in [-0.1, -0.05) is 18.2 Å². The summed E-state index contributed by atoms with van der Waals surface area (Å²) >= 11 is 0. The maximum absolute atomic E-state index is 4.46. The van der Waals surface area contributed by atoms with Crippen molar-refractivity contribution in [3.63, 3.8) is 0 Å². The molecule has 0 spiro atoms. The number of aromatic amines is 1. The van der Waals surface area contributed by atoms with Crippen LogP contribution in [0.15, 0.2) is 18.2 Å². The highest BCUT2D eigenvalue weighted by molar-refractivity contribution is 5.52. The van der Waals surface area contributed by atoms with Crippen molar-refractivity contribution in [2.75, 3.05) is 7.05 Å². The molecule has 68 valence electrons. The van der Waals surface area contributed by atoms with Crippen LogP contribution in [0.2, 0.25) is 0 Å². The van der Waals surface area contributed by atoms with Crippen molar-refractivity contribution in [1.29, 1.82) is 0 Å². The number of hydrogen-bond donors (Lipinski definition) is 2. The summed E-state index contributed by atoms with van der Waals surface area (Å²) < 4.78 is 0. The fraction of sp³-hybridized carbons (Fsp3) is 0.300. The first-order valence-corrected chi connectivity index (χ1v) is 4.45. The second kappa shape index (κ2) is 3.58. The van der Waals surface area contributed by atoms with E-state index in [9.17, 15) is 0 Å². The van der Waals surface area contributed by atoms with Gasteiger partial charge < -0.3 is 10.3 Å². The van der Waals surface area contributed by atoms with Gasteiger partial charge in [0.25, 0.3) is 0 Å². The Morgan fingerprint density at radius 1 is 1.54 bits per heavy atom. The molecule has 1 aromatic rings. The Morgan fingerprint density at radius 3 is 3.31 bits per heavy atom. The summed E-state index contributed by atoms with van der Waals surface area (Å²) in [5.41, 5.74) is 2.27. The summed E-state index contributed by atoms with van der Waals surface area (Å²) in [7, 11) is 1.92. The molecule has 0 atom stereocenters. The number of H-pyrrole nitrogens is 1. The highest BCUT2D eigenvalue weighted by Gasteiger charge is 2.06. The van der Waals surface area contributed by atoms with E-state index in [-0.39, 0.29) is 0 Å². The van der Waals surface area contributed by atoms with E-state index in [0.717, 1.165) is 24.5 Å². The average molecular weight is 175 g/mol. The molecule has 0 bridgehead atoms. The SMILES string of the molecule is CNCc1nc2c([nH]1)CC=CC=C2. The Kier molecular flexibility index (Phi) is 2.27. The van der Waals surface area contributed by atoms with Gasteiger partial charge in [0, 0.05) is 12.1 Å². The predicted molar refractivity (Wildman–Crippen MR) is 53.2 cm³/mol. The number of allylic oxidation sites excluding steroid dienone is 3. The zero-order valence-corrected chi connectivity index (χ0v) is 7.67. The van der Waals surface area contributed by atoms with E-state index in [0.29, 0.717) is 0 Å². The molecular formula is C10H13N3. The molecule has 3 nitrogen and oxygen atoms in total. The van der Waals surface area contributed by atoms with Gasteiger partial charge in [-0.15, -0.1) is 0 Å².